The molecule has 9 heteroatoms. The molecule has 0 aliphatic heterocycles. The van der Waals surface area contributed by atoms with Gasteiger partial charge in [0.05, 0.1) is 43.6 Å². The monoisotopic (exact) mass is 413 g/mol. The molecule has 0 unspecified atom stereocenters. The maximum absolute atomic E-state index is 11.8. The van der Waals surface area contributed by atoms with Crippen molar-refractivity contribution in [2.24, 2.45) is 0 Å². The quantitative estimate of drug-likeness (QED) is 0.444. The van der Waals surface area contributed by atoms with Crippen molar-refractivity contribution in [1.29, 1.82) is 0 Å². The number of carboxylic acid groups (broad SMARTS) is 1. The molecule has 0 heterocycles. The highest BCUT2D eigenvalue weighted by Crippen LogP contribution is 2.50. The van der Waals surface area contributed by atoms with Crippen LogP contribution in [-0.2, 0) is 0 Å². The first-order chi connectivity index (χ1) is 10.8. The van der Waals surface area contributed by atoms with E-state index in [4.69, 9.17) is 62.7 Å². The second kappa shape index (κ2) is 7.24. The summed E-state index contributed by atoms with van der Waals surface area (Å²) in [4.78, 5) is 12.6. The average molecular weight is 415 g/mol. The second-order valence-corrected chi connectivity index (χ2v) is 6.10. The molecule has 0 spiro atoms. The maximum atomic E-state index is 11.8. The summed E-state index contributed by atoms with van der Waals surface area (Å²) in [6.45, 7) is 0. The number of rotatable bonds is 3. The van der Waals surface area contributed by atoms with Crippen molar-refractivity contribution >= 4 is 75.5 Å². The topological polar surface area (TPSA) is 49.8 Å². The molecule has 0 saturated heterocycles. The van der Waals surface area contributed by atoms with Crippen LogP contribution < -0.4 is 9.64 Å². The number of halogens is 5. The average Bonchev–Trinajstić information content (AvgIpc) is 2.54. The van der Waals surface area contributed by atoms with Crippen LogP contribution in [0.25, 0.3) is 0 Å². The first kappa shape index (κ1) is 18.3. The Hall–Kier alpha value is -1.04. The van der Waals surface area contributed by atoms with Gasteiger partial charge in [-0.1, -0.05) is 70.1 Å². The molecule has 0 fully saturated rings. The van der Waals surface area contributed by atoms with Gasteiger partial charge < -0.3 is 9.84 Å². The molecule has 23 heavy (non-hydrogen) atoms. The Morgan fingerprint density at radius 2 is 1.43 bits per heavy atom. The van der Waals surface area contributed by atoms with Crippen LogP contribution in [0.1, 0.15) is 0 Å². The van der Waals surface area contributed by atoms with Crippen molar-refractivity contribution in [3.8, 4) is 5.75 Å². The van der Waals surface area contributed by atoms with E-state index in [9.17, 15) is 9.90 Å². The standard InChI is InChI=1S/C14H8Cl5NO3/c1-23-7-5-3-2-4-6(7)20(14(21)22)13-11(18)9(16)8(15)10(17)12(13)19/h2-5H,1H3,(H,21,22). The number of anilines is 2. The maximum Gasteiger partial charge on any atom is 0.416 e. The molecule has 2 aromatic carbocycles. The summed E-state index contributed by atoms with van der Waals surface area (Å²) in [5, 5.41) is 9.10. The first-order valence-electron chi connectivity index (χ1n) is 5.98. The van der Waals surface area contributed by atoms with Crippen LogP contribution in [0.15, 0.2) is 24.3 Å². The smallest absolute Gasteiger partial charge is 0.416 e. The summed E-state index contributed by atoms with van der Waals surface area (Å²) in [6, 6.07) is 6.43. The summed E-state index contributed by atoms with van der Waals surface area (Å²) in [6.07, 6.45) is -1.35. The minimum atomic E-state index is -1.35. The molecule has 0 radical (unpaired) electrons. The Labute approximate surface area is 157 Å². The number of carbonyl (C=O) groups is 1. The lowest BCUT2D eigenvalue weighted by atomic mass is 10.2. The summed E-state index contributed by atoms with van der Waals surface area (Å²) in [5.74, 6) is 0.296. The summed E-state index contributed by atoms with van der Waals surface area (Å²) in [7, 11) is 1.41. The van der Waals surface area contributed by atoms with E-state index in [0.29, 0.717) is 5.75 Å². The van der Waals surface area contributed by atoms with Gasteiger partial charge in [0.2, 0.25) is 0 Å². The van der Waals surface area contributed by atoms with Crippen molar-refractivity contribution in [3.63, 3.8) is 0 Å². The number of amides is 1. The fraction of sp³-hybridized carbons (Fsp3) is 0.0714. The summed E-state index contributed by atoms with van der Waals surface area (Å²) >= 11 is 30.3. The van der Waals surface area contributed by atoms with Crippen LogP contribution >= 0.6 is 58.0 Å². The number of benzene rings is 2. The lowest BCUT2D eigenvalue weighted by Crippen LogP contribution is -2.25. The molecule has 4 nitrogen and oxygen atoms in total. The molecular weight excluding hydrogens is 407 g/mol. The van der Waals surface area contributed by atoms with E-state index in [1.807, 2.05) is 0 Å². The van der Waals surface area contributed by atoms with E-state index < -0.39 is 6.09 Å². The van der Waals surface area contributed by atoms with E-state index >= 15 is 0 Å². The predicted octanol–water partition coefficient (Wildman–Crippen LogP) is 6.78. The molecular formula is C14H8Cl5NO3. The van der Waals surface area contributed by atoms with E-state index in [1.165, 1.54) is 13.2 Å². The number of nitrogens with zero attached hydrogens (tertiary/aromatic N) is 1. The Morgan fingerprint density at radius 3 is 1.91 bits per heavy atom. The summed E-state index contributed by atoms with van der Waals surface area (Å²) in [5.41, 5.74) is 0.0884. The van der Waals surface area contributed by atoms with Gasteiger partial charge in [-0.05, 0) is 12.1 Å². The van der Waals surface area contributed by atoms with Crippen molar-refractivity contribution in [3.05, 3.63) is 49.4 Å². The highest BCUT2D eigenvalue weighted by molar-refractivity contribution is 6.56. The van der Waals surface area contributed by atoms with Gasteiger partial charge in [0, 0.05) is 0 Å². The molecule has 0 aromatic heterocycles. The molecule has 2 rings (SSSR count). The molecule has 0 aliphatic rings. The van der Waals surface area contributed by atoms with Crippen molar-refractivity contribution in [2.75, 3.05) is 12.0 Å². The SMILES string of the molecule is COc1ccccc1N(C(=O)O)c1c(Cl)c(Cl)c(Cl)c(Cl)c1Cl. The van der Waals surface area contributed by atoms with Crippen LogP contribution in [0, 0.1) is 0 Å². The minimum Gasteiger partial charge on any atom is -0.495 e. The number of para-hydroxylation sites is 2. The van der Waals surface area contributed by atoms with Gasteiger partial charge in [0.15, 0.2) is 0 Å². The van der Waals surface area contributed by atoms with Crippen molar-refractivity contribution in [2.45, 2.75) is 0 Å². The third-order valence-corrected chi connectivity index (χ3v) is 5.18. The molecule has 122 valence electrons. The van der Waals surface area contributed by atoms with E-state index in [-0.39, 0.29) is 36.5 Å². The Morgan fingerprint density at radius 1 is 0.957 bits per heavy atom. The molecule has 1 N–H and O–H groups in total. The Balaban J connectivity index is 2.82. The first-order valence-corrected chi connectivity index (χ1v) is 7.87. The Bertz CT molecular complexity index is 752. The molecule has 0 atom stereocenters. The molecule has 1 amide bonds. The largest absolute Gasteiger partial charge is 0.495 e. The third-order valence-electron chi connectivity index (χ3n) is 2.93. The van der Waals surface area contributed by atoms with Crippen LogP contribution in [0.4, 0.5) is 16.2 Å². The lowest BCUT2D eigenvalue weighted by Gasteiger charge is -2.24. The molecule has 0 bridgehead atoms. The number of methoxy groups -OCH3 is 1. The fourth-order valence-corrected chi connectivity index (χ4v) is 3.22. The van der Waals surface area contributed by atoms with Crippen molar-refractivity contribution in [1.82, 2.24) is 0 Å². The zero-order valence-electron chi connectivity index (χ0n) is 11.4. The van der Waals surface area contributed by atoms with Gasteiger partial charge in [-0.3, -0.25) is 0 Å². The van der Waals surface area contributed by atoms with Crippen LogP contribution in [-0.4, -0.2) is 18.3 Å². The van der Waals surface area contributed by atoms with Gasteiger partial charge in [-0.25, -0.2) is 9.69 Å². The number of ether oxygens (including phenoxy) is 1. The fourth-order valence-electron chi connectivity index (χ4n) is 1.92. The van der Waals surface area contributed by atoms with Gasteiger partial charge in [-0.15, -0.1) is 0 Å². The number of hydrogen-bond acceptors (Lipinski definition) is 2. The van der Waals surface area contributed by atoms with Gasteiger partial charge in [-0.2, -0.15) is 0 Å². The van der Waals surface area contributed by atoms with Crippen LogP contribution in [0.3, 0.4) is 0 Å². The van der Waals surface area contributed by atoms with E-state index in [2.05, 4.69) is 0 Å². The highest BCUT2D eigenvalue weighted by atomic mass is 35.5. The third kappa shape index (κ3) is 3.28. The molecule has 0 aliphatic carbocycles. The van der Waals surface area contributed by atoms with Gasteiger partial charge >= 0.3 is 6.09 Å². The lowest BCUT2D eigenvalue weighted by molar-refractivity contribution is 0.204. The molecule has 0 saturated carbocycles. The van der Waals surface area contributed by atoms with Crippen LogP contribution in [0.5, 0.6) is 5.75 Å². The molecule has 2 aromatic rings. The zero-order chi connectivity index (χ0) is 17.3. The number of hydrogen-bond donors (Lipinski definition) is 1. The van der Waals surface area contributed by atoms with Gasteiger partial charge in [0.1, 0.15) is 5.75 Å². The predicted molar refractivity (Wildman–Crippen MR) is 94.6 cm³/mol. The summed E-state index contributed by atoms with van der Waals surface area (Å²) < 4.78 is 5.18. The minimum absolute atomic E-state index is 0.0579. The van der Waals surface area contributed by atoms with E-state index in [1.54, 1.807) is 18.2 Å². The van der Waals surface area contributed by atoms with Gasteiger partial charge in [0.25, 0.3) is 0 Å². The normalized spacial score (nSPS) is 10.5. The zero-order valence-corrected chi connectivity index (χ0v) is 15.2. The van der Waals surface area contributed by atoms with Crippen molar-refractivity contribution < 1.29 is 14.6 Å². The Kier molecular flexibility index (Phi) is 5.76. The highest BCUT2D eigenvalue weighted by Gasteiger charge is 2.29. The van der Waals surface area contributed by atoms with E-state index in [0.717, 1.165) is 4.90 Å². The van der Waals surface area contributed by atoms with Crippen LogP contribution in [0.2, 0.25) is 25.1 Å². The second-order valence-electron chi connectivity index (χ2n) is 4.21.